The van der Waals surface area contributed by atoms with E-state index < -0.39 is 5.91 Å². The summed E-state index contributed by atoms with van der Waals surface area (Å²) in [6, 6.07) is 16.9. The summed E-state index contributed by atoms with van der Waals surface area (Å²) in [4.78, 5) is 28.9. The Bertz CT molecular complexity index is 1340. The zero-order chi connectivity index (χ0) is 26.9. The summed E-state index contributed by atoms with van der Waals surface area (Å²) in [5.74, 6) is 1.15. The minimum atomic E-state index is -0.607. The molecule has 38 heavy (non-hydrogen) atoms. The molecule has 2 heterocycles. The predicted octanol–water partition coefficient (Wildman–Crippen LogP) is 3.69. The maximum absolute atomic E-state index is 12.6. The van der Waals surface area contributed by atoms with Gasteiger partial charge in [-0.25, -0.2) is 4.68 Å². The van der Waals surface area contributed by atoms with Crippen LogP contribution >= 0.6 is 0 Å². The number of hydrogen-bond donors (Lipinski definition) is 2. The average Bonchev–Trinajstić information content (AvgIpc) is 3.46. The van der Waals surface area contributed by atoms with Crippen molar-refractivity contribution in [2.24, 2.45) is 11.1 Å². The number of anilines is 1. The van der Waals surface area contributed by atoms with Gasteiger partial charge in [-0.15, -0.1) is 0 Å². The van der Waals surface area contributed by atoms with Crippen LogP contribution in [0.1, 0.15) is 35.7 Å². The first kappa shape index (κ1) is 25.5. The van der Waals surface area contributed by atoms with Gasteiger partial charge in [0.1, 0.15) is 28.6 Å². The van der Waals surface area contributed by atoms with Gasteiger partial charge in [-0.05, 0) is 75.2 Å². The lowest BCUT2D eigenvalue weighted by molar-refractivity contribution is -0.125. The second kappa shape index (κ2) is 10.3. The smallest absolute Gasteiger partial charge is 0.254 e. The number of ether oxygens (including phenoxy) is 1. The number of nitrogens with zero attached hydrogens (tertiary/aromatic N) is 4. The first-order valence-corrected chi connectivity index (χ1v) is 12.9. The quantitative estimate of drug-likeness (QED) is 0.443. The Morgan fingerprint density at radius 1 is 1.11 bits per heavy atom. The van der Waals surface area contributed by atoms with Gasteiger partial charge in [-0.2, -0.15) is 5.10 Å². The fourth-order valence-electron chi connectivity index (χ4n) is 5.52. The van der Waals surface area contributed by atoms with Crippen LogP contribution in [-0.4, -0.2) is 65.1 Å². The van der Waals surface area contributed by atoms with Crippen LogP contribution in [0.2, 0.25) is 0 Å². The highest BCUT2D eigenvalue weighted by molar-refractivity contribution is 6.03. The van der Waals surface area contributed by atoms with Gasteiger partial charge in [0.05, 0.1) is 6.04 Å². The highest BCUT2D eigenvalue weighted by Gasteiger charge is 2.50. The van der Waals surface area contributed by atoms with Crippen LogP contribution < -0.4 is 16.2 Å². The number of likely N-dealkylation sites (N-methyl/N-ethyl adjacent to an activating group) is 1. The third kappa shape index (κ3) is 5.15. The first-order chi connectivity index (χ1) is 18.2. The highest BCUT2D eigenvalue weighted by Crippen LogP contribution is 2.54. The van der Waals surface area contributed by atoms with E-state index in [1.165, 1.54) is 0 Å². The second-order valence-corrected chi connectivity index (χ2v) is 10.6. The number of primary amides is 1. The Labute approximate surface area is 222 Å². The standard InChI is InChI=1S/C29H34N6O3/c1-33(2)15-6-9-24(36)34-16-14-29(19-34)17-21(18-29)35-27(30)25(28(31)37)26(32-35)20-10-12-23(13-11-20)38-22-7-4-3-5-8-22/h3-13,21H,14-19,30H2,1-2H3,(H2,31,37)/b9-6+. The monoisotopic (exact) mass is 514 g/mol. The summed E-state index contributed by atoms with van der Waals surface area (Å²) in [5, 5.41) is 4.76. The zero-order valence-electron chi connectivity index (χ0n) is 21.8. The highest BCUT2D eigenvalue weighted by atomic mass is 16.5. The predicted molar refractivity (Wildman–Crippen MR) is 147 cm³/mol. The van der Waals surface area contributed by atoms with Gasteiger partial charge < -0.3 is 26.0 Å². The molecular formula is C29H34N6O3. The van der Waals surface area contributed by atoms with Gasteiger partial charge >= 0.3 is 0 Å². The molecule has 1 aromatic heterocycles. The molecule has 0 unspecified atom stereocenters. The summed E-state index contributed by atoms with van der Waals surface area (Å²) < 4.78 is 7.62. The lowest BCUT2D eigenvalue weighted by atomic mass is 9.65. The van der Waals surface area contributed by atoms with Gasteiger partial charge in [0, 0.05) is 31.3 Å². The van der Waals surface area contributed by atoms with E-state index in [4.69, 9.17) is 21.3 Å². The number of nitrogens with two attached hydrogens (primary N) is 2. The van der Waals surface area contributed by atoms with Crippen molar-refractivity contribution >= 4 is 17.6 Å². The molecule has 2 amide bonds. The van der Waals surface area contributed by atoms with Crippen LogP contribution in [0.25, 0.3) is 11.3 Å². The number of carbonyl (C=O) groups excluding carboxylic acids is 2. The van der Waals surface area contributed by atoms with Crippen LogP contribution in [0.4, 0.5) is 5.82 Å². The summed E-state index contributed by atoms with van der Waals surface area (Å²) >= 11 is 0. The summed E-state index contributed by atoms with van der Waals surface area (Å²) in [7, 11) is 3.94. The number of para-hydroxylation sites is 1. The number of likely N-dealkylation sites (tertiary alicyclic amines) is 1. The van der Waals surface area contributed by atoms with Gasteiger partial charge in [-0.1, -0.05) is 24.3 Å². The summed E-state index contributed by atoms with van der Waals surface area (Å²) in [6.45, 7) is 2.22. The van der Waals surface area contributed by atoms with E-state index in [0.717, 1.165) is 50.2 Å². The molecule has 9 nitrogen and oxygen atoms in total. The third-order valence-corrected chi connectivity index (χ3v) is 7.46. The number of rotatable bonds is 8. The van der Waals surface area contributed by atoms with Crippen LogP contribution in [0.15, 0.2) is 66.7 Å². The van der Waals surface area contributed by atoms with Gasteiger partial charge in [0.25, 0.3) is 5.91 Å². The Balaban J connectivity index is 1.29. The van der Waals surface area contributed by atoms with Crippen molar-refractivity contribution in [1.82, 2.24) is 19.6 Å². The Morgan fingerprint density at radius 3 is 2.45 bits per heavy atom. The fraction of sp³-hybridized carbons (Fsp3) is 0.345. The molecule has 0 atom stereocenters. The van der Waals surface area contributed by atoms with Crippen LogP contribution in [0.3, 0.4) is 0 Å². The maximum atomic E-state index is 12.6. The van der Waals surface area contributed by atoms with Crippen LogP contribution in [0.5, 0.6) is 11.5 Å². The second-order valence-electron chi connectivity index (χ2n) is 10.6. The molecule has 1 aliphatic carbocycles. The Morgan fingerprint density at radius 2 is 1.79 bits per heavy atom. The van der Waals surface area contributed by atoms with Crippen molar-refractivity contribution in [2.45, 2.75) is 25.3 Å². The van der Waals surface area contributed by atoms with E-state index in [-0.39, 0.29) is 28.7 Å². The van der Waals surface area contributed by atoms with Crippen molar-refractivity contribution in [3.8, 4) is 22.8 Å². The average molecular weight is 515 g/mol. The van der Waals surface area contributed by atoms with E-state index in [1.54, 1.807) is 10.8 Å². The lowest BCUT2D eigenvalue weighted by Gasteiger charge is -2.45. The van der Waals surface area contributed by atoms with Gasteiger partial charge in [0.15, 0.2) is 0 Å². The molecule has 3 aromatic rings. The molecule has 1 saturated heterocycles. The molecule has 0 radical (unpaired) electrons. The van der Waals surface area contributed by atoms with E-state index >= 15 is 0 Å². The number of aromatic nitrogens is 2. The molecule has 198 valence electrons. The molecule has 2 aliphatic rings. The van der Waals surface area contributed by atoms with Crippen LogP contribution in [-0.2, 0) is 4.79 Å². The largest absolute Gasteiger partial charge is 0.457 e. The van der Waals surface area contributed by atoms with E-state index in [0.29, 0.717) is 11.4 Å². The van der Waals surface area contributed by atoms with E-state index in [1.807, 2.05) is 84.6 Å². The number of hydrogen-bond acceptors (Lipinski definition) is 6. The van der Waals surface area contributed by atoms with E-state index in [9.17, 15) is 9.59 Å². The molecule has 2 aromatic carbocycles. The normalized spacial score (nSPS) is 20.8. The number of carbonyl (C=O) groups is 2. The molecule has 9 heteroatoms. The van der Waals surface area contributed by atoms with Crippen molar-refractivity contribution in [3.05, 3.63) is 72.3 Å². The number of amides is 2. The zero-order valence-corrected chi connectivity index (χ0v) is 21.8. The molecule has 1 aliphatic heterocycles. The maximum Gasteiger partial charge on any atom is 0.254 e. The first-order valence-electron chi connectivity index (χ1n) is 12.9. The van der Waals surface area contributed by atoms with Crippen LogP contribution in [0, 0.1) is 5.41 Å². The van der Waals surface area contributed by atoms with Crippen molar-refractivity contribution in [1.29, 1.82) is 0 Å². The molecule has 1 saturated carbocycles. The number of nitrogen functional groups attached to an aromatic ring is 1. The summed E-state index contributed by atoms with van der Waals surface area (Å²) in [5.41, 5.74) is 13.7. The van der Waals surface area contributed by atoms with Crippen molar-refractivity contribution in [2.75, 3.05) is 39.5 Å². The Hall–Kier alpha value is -4.11. The van der Waals surface area contributed by atoms with Gasteiger partial charge in [0.2, 0.25) is 5.91 Å². The van der Waals surface area contributed by atoms with Crippen molar-refractivity contribution < 1.29 is 14.3 Å². The van der Waals surface area contributed by atoms with Gasteiger partial charge in [-0.3, -0.25) is 9.59 Å². The summed E-state index contributed by atoms with van der Waals surface area (Å²) in [6.07, 6.45) is 6.23. The van der Waals surface area contributed by atoms with E-state index in [2.05, 4.69) is 0 Å². The lowest BCUT2D eigenvalue weighted by Crippen LogP contribution is -2.42. The molecule has 4 N–H and O–H groups in total. The number of benzene rings is 2. The topological polar surface area (TPSA) is 120 Å². The molecular weight excluding hydrogens is 480 g/mol. The minimum Gasteiger partial charge on any atom is -0.457 e. The molecule has 5 rings (SSSR count). The molecule has 2 fully saturated rings. The SMILES string of the molecule is CN(C)C/C=C/C(=O)N1CCC2(CC(n3nc(-c4ccc(Oc5ccccc5)cc4)c(C(N)=O)c3N)C2)C1. The third-order valence-electron chi connectivity index (χ3n) is 7.46. The van der Waals surface area contributed by atoms with Crippen molar-refractivity contribution in [3.63, 3.8) is 0 Å². The molecule has 0 bridgehead atoms. The Kier molecular flexibility index (Phi) is 6.94. The molecule has 1 spiro atoms. The minimum absolute atomic E-state index is 0.0573. The fourth-order valence-corrected chi connectivity index (χ4v) is 5.52.